The average Bonchev–Trinajstić information content (AvgIpc) is 2.68. The van der Waals surface area contributed by atoms with Gasteiger partial charge in [-0.15, -0.1) is 0 Å². The molecule has 2 N–H and O–H groups in total. The zero-order valence-corrected chi connectivity index (χ0v) is 10.6. The Kier molecular flexibility index (Phi) is 4.62. The van der Waals surface area contributed by atoms with E-state index in [1.807, 2.05) is 11.9 Å². The van der Waals surface area contributed by atoms with Gasteiger partial charge < -0.3 is 20.3 Å². The molecular formula is C12H23N3O2. The van der Waals surface area contributed by atoms with Crippen LogP contribution in [0.2, 0.25) is 0 Å². The first-order valence-electron chi connectivity index (χ1n) is 6.59. The molecule has 0 saturated carbocycles. The van der Waals surface area contributed by atoms with Crippen molar-refractivity contribution in [1.29, 1.82) is 0 Å². The Morgan fingerprint density at radius 2 is 2.24 bits per heavy atom. The highest BCUT2D eigenvalue weighted by Crippen LogP contribution is 2.12. The van der Waals surface area contributed by atoms with Gasteiger partial charge in [-0.2, -0.15) is 0 Å². The Morgan fingerprint density at radius 1 is 1.35 bits per heavy atom. The Balaban J connectivity index is 1.80. The molecule has 2 saturated heterocycles. The predicted octanol–water partition coefficient (Wildman–Crippen LogP) is 0.559. The summed E-state index contributed by atoms with van der Waals surface area (Å²) in [7, 11) is 1.90. The van der Waals surface area contributed by atoms with Crippen LogP contribution in [-0.2, 0) is 4.74 Å². The Labute approximate surface area is 103 Å². The molecule has 0 aromatic carbocycles. The van der Waals surface area contributed by atoms with Crippen LogP contribution in [0.5, 0.6) is 0 Å². The third kappa shape index (κ3) is 3.57. The van der Waals surface area contributed by atoms with Gasteiger partial charge in [-0.1, -0.05) is 0 Å². The van der Waals surface area contributed by atoms with Gasteiger partial charge in [0.2, 0.25) is 0 Å². The standard InChI is InChI=1S/C12H23N3O2/c1-15(11-3-2-6-13-7-4-11)12(16)14-10-5-8-17-9-10/h10-11,13H,2-9H2,1H3,(H,14,16). The zero-order chi connectivity index (χ0) is 12.1. The minimum Gasteiger partial charge on any atom is -0.379 e. The number of hydrogen-bond donors (Lipinski definition) is 2. The second-order valence-electron chi connectivity index (χ2n) is 4.96. The number of amides is 2. The monoisotopic (exact) mass is 241 g/mol. The fourth-order valence-corrected chi connectivity index (χ4v) is 2.48. The minimum atomic E-state index is 0.0485. The maximum absolute atomic E-state index is 12.0. The van der Waals surface area contributed by atoms with Crippen LogP contribution < -0.4 is 10.6 Å². The number of rotatable bonds is 2. The number of hydrogen-bond acceptors (Lipinski definition) is 3. The molecule has 0 aromatic heterocycles. The number of nitrogens with one attached hydrogen (secondary N) is 2. The fourth-order valence-electron chi connectivity index (χ4n) is 2.48. The van der Waals surface area contributed by atoms with E-state index < -0.39 is 0 Å². The van der Waals surface area contributed by atoms with E-state index in [0.29, 0.717) is 12.6 Å². The lowest BCUT2D eigenvalue weighted by molar-refractivity contribution is 0.171. The summed E-state index contributed by atoms with van der Waals surface area (Å²) in [4.78, 5) is 13.9. The molecule has 2 heterocycles. The van der Waals surface area contributed by atoms with E-state index in [1.54, 1.807) is 0 Å². The minimum absolute atomic E-state index is 0.0485. The highest BCUT2D eigenvalue weighted by atomic mass is 16.5. The molecule has 2 aliphatic heterocycles. The van der Waals surface area contributed by atoms with Gasteiger partial charge in [-0.3, -0.25) is 0 Å². The van der Waals surface area contributed by atoms with Crippen LogP contribution in [0.4, 0.5) is 4.79 Å². The molecular weight excluding hydrogens is 218 g/mol. The topological polar surface area (TPSA) is 53.6 Å². The number of ether oxygens (including phenoxy) is 1. The highest BCUT2D eigenvalue weighted by Gasteiger charge is 2.24. The smallest absolute Gasteiger partial charge is 0.317 e. The number of carbonyl (C=O) groups is 1. The van der Waals surface area contributed by atoms with E-state index in [1.165, 1.54) is 0 Å². The largest absolute Gasteiger partial charge is 0.379 e. The first-order valence-corrected chi connectivity index (χ1v) is 6.59. The lowest BCUT2D eigenvalue weighted by atomic mass is 10.1. The molecule has 2 aliphatic rings. The first kappa shape index (κ1) is 12.6. The fraction of sp³-hybridized carbons (Fsp3) is 0.917. The van der Waals surface area contributed by atoms with Crippen LogP contribution in [0.3, 0.4) is 0 Å². The maximum Gasteiger partial charge on any atom is 0.317 e. The van der Waals surface area contributed by atoms with Crippen molar-refractivity contribution in [3.63, 3.8) is 0 Å². The van der Waals surface area contributed by atoms with Crippen molar-refractivity contribution in [1.82, 2.24) is 15.5 Å². The summed E-state index contributed by atoms with van der Waals surface area (Å²) in [6.45, 7) is 3.51. The normalized spacial score (nSPS) is 29.7. The Hall–Kier alpha value is -0.810. The van der Waals surface area contributed by atoms with Crippen LogP contribution in [-0.4, -0.2) is 56.4 Å². The van der Waals surface area contributed by atoms with E-state index >= 15 is 0 Å². The Bertz CT molecular complexity index is 246. The van der Waals surface area contributed by atoms with Gasteiger partial charge in [0.15, 0.2) is 0 Å². The number of carbonyl (C=O) groups excluding carboxylic acids is 1. The molecule has 98 valence electrons. The van der Waals surface area contributed by atoms with Gasteiger partial charge >= 0.3 is 6.03 Å². The predicted molar refractivity (Wildman–Crippen MR) is 66.0 cm³/mol. The zero-order valence-electron chi connectivity index (χ0n) is 10.6. The van der Waals surface area contributed by atoms with E-state index in [4.69, 9.17) is 4.74 Å². The summed E-state index contributed by atoms with van der Waals surface area (Å²) in [6.07, 6.45) is 4.23. The van der Waals surface area contributed by atoms with Gasteiger partial charge in [-0.25, -0.2) is 4.79 Å². The summed E-state index contributed by atoms with van der Waals surface area (Å²) in [5.74, 6) is 0. The van der Waals surface area contributed by atoms with Crippen molar-refractivity contribution < 1.29 is 9.53 Å². The molecule has 0 spiro atoms. The summed E-state index contributed by atoms with van der Waals surface area (Å²) in [6, 6.07) is 0.619. The third-order valence-corrected chi connectivity index (χ3v) is 3.67. The van der Waals surface area contributed by atoms with Crippen LogP contribution in [0.25, 0.3) is 0 Å². The van der Waals surface area contributed by atoms with Crippen molar-refractivity contribution in [2.24, 2.45) is 0 Å². The summed E-state index contributed by atoms with van der Waals surface area (Å²) >= 11 is 0. The van der Waals surface area contributed by atoms with E-state index in [2.05, 4.69) is 10.6 Å². The van der Waals surface area contributed by atoms with E-state index in [-0.39, 0.29) is 12.1 Å². The summed E-state index contributed by atoms with van der Waals surface area (Å²) < 4.78 is 5.26. The van der Waals surface area contributed by atoms with Gasteiger partial charge in [0.25, 0.3) is 0 Å². The number of nitrogens with zero attached hydrogens (tertiary/aromatic N) is 1. The van der Waals surface area contributed by atoms with Crippen LogP contribution in [0.15, 0.2) is 0 Å². The third-order valence-electron chi connectivity index (χ3n) is 3.67. The second kappa shape index (κ2) is 6.21. The van der Waals surface area contributed by atoms with E-state index in [9.17, 15) is 4.79 Å². The van der Waals surface area contributed by atoms with Crippen LogP contribution >= 0.6 is 0 Å². The molecule has 5 heteroatoms. The summed E-state index contributed by atoms with van der Waals surface area (Å²) in [5.41, 5.74) is 0. The molecule has 2 atom stereocenters. The molecule has 0 bridgehead atoms. The molecule has 5 nitrogen and oxygen atoms in total. The van der Waals surface area contributed by atoms with Crippen LogP contribution in [0, 0.1) is 0 Å². The molecule has 2 rings (SSSR count). The van der Waals surface area contributed by atoms with E-state index in [0.717, 1.165) is 45.4 Å². The highest BCUT2D eigenvalue weighted by molar-refractivity contribution is 5.74. The maximum atomic E-state index is 12.0. The molecule has 0 aliphatic carbocycles. The quantitative estimate of drug-likeness (QED) is 0.742. The first-order chi connectivity index (χ1) is 8.27. The molecule has 2 fully saturated rings. The van der Waals surface area contributed by atoms with Gasteiger partial charge in [0.1, 0.15) is 0 Å². The summed E-state index contributed by atoms with van der Waals surface area (Å²) in [5, 5.41) is 6.40. The van der Waals surface area contributed by atoms with Crippen LogP contribution in [0.1, 0.15) is 25.7 Å². The molecule has 0 radical (unpaired) electrons. The lowest BCUT2D eigenvalue weighted by Crippen LogP contribution is -2.47. The van der Waals surface area contributed by atoms with Gasteiger partial charge in [0, 0.05) is 19.7 Å². The SMILES string of the molecule is CN(C(=O)NC1CCOC1)C1CCCNCC1. The Morgan fingerprint density at radius 3 is 3.00 bits per heavy atom. The number of urea groups is 1. The average molecular weight is 241 g/mol. The van der Waals surface area contributed by atoms with Gasteiger partial charge in [0.05, 0.1) is 12.6 Å². The lowest BCUT2D eigenvalue weighted by Gasteiger charge is -2.28. The van der Waals surface area contributed by atoms with Crippen molar-refractivity contribution in [2.45, 2.75) is 37.8 Å². The van der Waals surface area contributed by atoms with Gasteiger partial charge in [-0.05, 0) is 38.8 Å². The van der Waals surface area contributed by atoms with Crippen molar-refractivity contribution in [3.8, 4) is 0 Å². The van der Waals surface area contributed by atoms with Crippen molar-refractivity contribution >= 4 is 6.03 Å². The molecule has 2 amide bonds. The molecule has 0 aromatic rings. The van der Waals surface area contributed by atoms with Crippen molar-refractivity contribution in [3.05, 3.63) is 0 Å². The second-order valence-corrected chi connectivity index (χ2v) is 4.96. The molecule has 2 unspecified atom stereocenters. The van der Waals surface area contributed by atoms with Crippen molar-refractivity contribution in [2.75, 3.05) is 33.4 Å². The molecule has 17 heavy (non-hydrogen) atoms.